The SMILES string of the molecule is N#Cc1cc(-c2ccc(C(=O)O)c(O)c2)c2oncc2c1. The van der Waals surface area contributed by atoms with Crippen molar-refractivity contribution in [2.45, 2.75) is 0 Å². The van der Waals surface area contributed by atoms with Gasteiger partial charge in [-0.15, -0.1) is 0 Å². The largest absolute Gasteiger partial charge is 0.507 e. The molecule has 0 fully saturated rings. The number of nitriles is 1. The summed E-state index contributed by atoms with van der Waals surface area (Å²) in [5.74, 6) is -1.57. The molecule has 1 aromatic heterocycles. The Balaban J connectivity index is 2.25. The van der Waals surface area contributed by atoms with E-state index in [9.17, 15) is 9.90 Å². The third kappa shape index (κ3) is 2.07. The number of hydrogen-bond acceptors (Lipinski definition) is 5. The van der Waals surface area contributed by atoms with Crippen LogP contribution in [0.2, 0.25) is 0 Å². The van der Waals surface area contributed by atoms with Crippen LogP contribution in [0.3, 0.4) is 0 Å². The molecule has 0 aliphatic heterocycles. The number of carboxylic acid groups (broad SMARTS) is 1. The van der Waals surface area contributed by atoms with Gasteiger partial charge in [0.15, 0.2) is 5.58 Å². The van der Waals surface area contributed by atoms with Crippen molar-refractivity contribution in [2.75, 3.05) is 0 Å². The predicted octanol–water partition coefficient (Wildman–Crippen LogP) is 2.77. The van der Waals surface area contributed by atoms with Gasteiger partial charge in [-0.25, -0.2) is 4.79 Å². The van der Waals surface area contributed by atoms with E-state index in [2.05, 4.69) is 5.16 Å². The summed E-state index contributed by atoms with van der Waals surface area (Å²) in [4.78, 5) is 10.9. The van der Waals surface area contributed by atoms with E-state index in [0.717, 1.165) is 0 Å². The molecule has 0 atom stereocenters. The lowest BCUT2D eigenvalue weighted by Gasteiger charge is -2.05. The number of hydrogen-bond donors (Lipinski definition) is 2. The second kappa shape index (κ2) is 4.65. The maximum absolute atomic E-state index is 10.9. The van der Waals surface area contributed by atoms with Gasteiger partial charge in [0.05, 0.1) is 17.8 Å². The fourth-order valence-corrected chi connectivity index (χ4v) is 2.14. The Hall–Kier alpha value is -3.33. The molecule has 0 bridgehead atoms. The zero-order valence-corrected chi connectivity index (χ0v) is 10.6. The number of benzene rings is 2. The number of nitrogens with zero attached hydrogens (tertiary/aromatic N) is 2. The molecular formula is C15H8N2O4. The van der Waals surface area contributed by atoms with Gasteiger partial charge in [-0.3, -0.25) is 0 Å². The van der Waals surface area contributed by atoms with E-state index < -0.39 is 5.97 Å². The summed E-state index contributed by atoms with van der Waals surface area (Å²) in [6.07, 6.45) is 1.49. The topological polar surface area (TPSA) is 107 Å². The van der Waals surface area contributed by atoms with Gasteiger partial charge in [-0.05, 0) is 29.8 Å². The van der Waals surface area contributed by atoms with Gasteiger partial charge in [-0.1, -0.05) is 11.2 Å². The van der Waals surface area contributed by atoms with Crippen LogP contribution in [0.15, 0.2) is 41.1 Å². The molecule has 0 aliphatic rings. The van der Waals surface area contributed by atoms with E-state index in [1.54, 1.807) is 18.2 Å². The summed E-state index contributed by atoms with van der Waals surface area (Å²) in [6.45, 7) is 0. The average Bonchev–Trinajstić information content (AvgIpc) is 2.93. The van der Waals surface area contributed by atoms with Crippen molar-refractivity contribution in [3.8, 4) is 22.9 Å². The van der Waals surface area contributed by atoms with Crippen LogP contribution in [0.5, 0.6) is 5.75 Å². The molecule has 0 radical (unpaired) electrons. The first-order valence-corrected chi connectivity index (χ1v) is 5.95. The standard InChI is InChI=1S/C15H8N2O4/c16-6-8-3-10-7-17-21-14(10)12(4-8)9-1-2-11(15(19)20)13(18)5-9/h1-5,7,18H,(H,19,20). The molecule has 2 N–H and O–H groups in total. The normalized spacial score (nSPS) is 10.4. The van der Waals surface area contributed by atoms with Crippen LogP contribution in [-0.2, 0) is 0 Å². The first-order chi connectivity index (χ1) is 10.1. The van der Waals surface area contributed by atoms with Crippen molar-refractivity contribution in [1.29, 1.82) is 5.26 Å². The number of rotatable bonds is 2. The third-order valence-electron chi connectivity index (χ3n) is 3.12. The van der Waals surface area contributed by atoms with E-state index in [0.29, 0.717) is 27.7 Å². The van der Waals surface area contributed by atoms with Crippen LogP contribution in [0, 0.1) is 11.3 Å². The lowest BCUT2D eigenvalue weighted by molar-refractivity contribution is 0.0694. The van der Waals surface area contributed by atoms with E-state index in [4.69, 9.17) is 14.9 Å². The summed E-state index contributed by atoms with van der Waals surface area (Å²) in [7, 11) is 0. The molecule has 3 aromatic rings. The lowest BCUT2D eigenvalue weighted by atomic mass is 9.99. The van der Waals surface area contributed by atoms with Gasteiger partial charge in [0, 0.05) is 10.9 Å². The Labute approximate surface area is 118 Å². The Bertz CT molecular complexity index is 906. The molecule has 0 unspecified atom stereocenters. The fourth-order valence-electron chi connectivity index (χ4n) is 2.14. The quantitative estimate of drug-likeness (QED) is 0.747. The molecule has 0 saturated heterocycles. The molecule has 6 nitrogen and oxygen atoms in total. The minimum Gasteiger partial charge on any atom is -0.507 e. The van der Waals surface area contributed by atoms with Crippen LogP contribution in [0.25, 0.3) is 22.1 Å². The number of aromatic nitrogens is 1. The Kier molecular flexibility index (Phi) is 2.81. The molecular weight excluding hydrogens is 272 g/mol. The van der Waals surface area contributed by atoms with Gasteiger partial charge < -0.3 is 14.7 Å². The molecule has 0 aliphatic carbocycles. The van der Waals surface area contributed by atoms with Crippen LogP contribution >= 0.6 is 0 Å². The zero-order valence-electron chi connectivity index (χ0n) is 10.6. The molecule has 21 heavy (non-hydrogen) atoms. The summed E-state index contributed by atoms with van der Waals surface area (Å²) >= 11 is 0. The number of aromatic hydroxyl groups is 1. The van der Waals surface area contributed by atoms with Crippen molar-refractivity contribution in [3.63, 3.8) is 0 Å². The third-order valence-corrected chi connectivity index (χ3v) is 3.12. The second-order valence-corrected chi connectivity index (χ2v) is 4.42. The highest BCUT2D eigenvalue weighted by molar-refractivity contribution is 5.96. The maximum atomic E-state index is 10.9. The van der Waals surface area contributed by atoms with Crippen LogP contribution in [-0.4, -0.2) is 21.3 Å². The van der Waals surface area contributed by atoms with Gasteiger partial charge in [-0.2, -0.15) is 5.26 Å². The second-order valence-electron chi connectivity index (χ2n) is 4.42. The first kappa shape index (κ1) is 12.7. The van der Waals surface area contributed by atoms with Gasteiger partial charge in [0.2, 0.25) is 0 Å². The van der Waals surface area contributed by atoms with Crippen molar-refractivity contribution in [3.05, 3.63) is 47.7 Å². The molecule has 0 saturated carbocycles. The minimum atomic E-state index is -1.21. The molecule has 3 rings (SSSR count). The summed E-state index contributed by atoms with van der Waals surface area (Å²) in [5, 5.41) is 32.1. The van der Waals surface area contributed by atoms with Crippen LogP contribution in [0.1, 0.15) is 15.9 Å². The van der Waals surface area contributed by atoms with Gasteiger partial charge >= 0.3 is 5.97 Å². The van der Waals surface area contributed by atoms with Gasteiger partial charge in [0.1, 0.15) is 11.3 Å². The Morgan fingerprint density at radius 2 is 2.10 bits per heavy atom. The highest BCUT2D eigenvalue weighted by Gasteiger charge is 2.14. The average molecular weight is 280 g/mol. The van der Waals surface area contributed by atoms with Crippen molar-refractivity contribution in [1.82, 2.24) is 5.16 Å². The predicted molar refractivity (Wildman–Crippen MR) is 72.8 cm³/mol. The van der Waals surface area contributed by atoms with Crippen LogP contribution in [0.4, 0.5) is 0 Å². The number of aromatic carboxylic acids is 1. The van der Waals surface area contributed by atoms with E-state index in [1.807, 2.05) is 6.07 Å². The van der Waals surface area contributed by atoms with Crippen molar-refractivity contribution < 1.29 is 19.5 Å². The maximum Gasteiger partial charge on any atom is 0.339 e. The van der Waals surface area contributed by atoms with Crippen LogP contribution < -0.4 is 0 Å². The number of phenols is 1. The molecule has 102 valence electrons. The molecule has 2 aromatic carbocycles. The Morgan fingerprint density at radius 3 is 2.76 bits per heavy atom. The number of carboxylic acids is 1. The Morgan fingerprint density at radius 1 is 1.29 bits per heavy atom. The monoisotopic (exact) mass is 280 g/mol. The highest BCUT2D eigenvalue weighted by Crippen LogP contribution is 2.33. The van der Waals surface area contributed by atoms with Crippen molar-refractivity contribution in [2.24, 2.45) is 0 Å². The van der Waals surface area contributed by atoms with E-state index in [-0.39, 0.29) is 11.3 Å². The number of carbonyl (C=O) groups is 1. The fraction of sp³-hybridized carbons (Fsp3) is 0. The smallest absolute Gasteiger partial charge is 0.339 e. The molecule has 0 spiro atoms. The van der Waals surface area contributed by atoms with Gasteiger partial charge in [0.25, 0.3) is 0 Å². The number of fused-ring (bicyclic) bond motifs is 1. The van der Waals surface area contributed by atoms with E-state index in [1.165, 1.54) is 18.3 Å². The first-order valence-electron chi connectivity index (χ1n) is 5.95. The summed E-state index contributed by atoms with van der Waals surface area (Å²) in [5.41, 5.74) is 1.80. The lowest BCUT2D eigenvalue weighted by Crippen LogP contribution is -1.96. The molecule has 6 heteroatoms. The zero-order chi connectivity index (χ0) is 15.0. The minimum absolute atomic E-state index is 0.191. The van der Waals surface area contributed by atoms with E-state index >= 15 is 0 Å². The molecule has 1 heterocycles. The summed E-state index contributed by atoms with van der Waals surface area (Å²) in [6, 6.07) is 9.44. The van der Waals surface area contributed by atoms with Crippen molar-refractivity contribution >= 4 is 16.9 Å². The molecule has 0 amide bonds. The highest BCUT2D eigenvalue weighted by atomic mass is 16.5. The summed E-state index contributed by atoms with van der Waals surface area (Å²) < 4.78 is 5.16.